The molecule has 0 N–H and O–H groups in total. The average Bonchev–Trinajstić information content (AvgIpc) is 2.38. The summed E-state index contributed by atoms with van der Waals surface area (Å²) in [5.74, 6) is 0. The Labute approximate surface area is 121 Å². The second-order valence-electron chi connectivity index (χ2n) is 4.87. The van der Waals surface area contributed by atoms with Gasteiger partial charge in [-0.05, 0) is 39.4 Å². The van der Waals surface area contributed by atoms with Crippen molar-refractivity contribution in [2.45, 2.75) is 44.8 Å². The number of hydrogen-bond acceptors (Lipinski definition) is 5. The monoisotopic (exact) mass is 310 g/mol. The van der Waals surface area contributed by atoms with Crippen molar-refractivity contribution < 1.29 is 18.1 Å². The first kappa shape index (κ1) is 19.2. The second-order valence-corrected chi connectivity index (χ2v) is 8.15. The number of thioether (sulfide) groups is 1. The topological polar surface area (TPSA) is 44.8 Å². The molecule has 0 saturated carbocycles. The summed E-state index contributed by atoms with van der Waals surface area (Å²) in [6.07, 6.45) is 7.25. The Kier molecular flexibility index (Phi) is 9.29. The molecule has 0 aliphatic carbocycles. The molecule has 0 spiro atoms. The van der Waals surface area contributed by atoms with Crippen molar-refractivity contribution in [3.63, 3.8) is 0 Å². The molecule has 19 heavy (non-hydrogen) atoms. The fourth-order valence-electron chi connectivity index (χ4n) is 1.55. The zero-order valence-electron chi connectivity index (χ0n) is 12.9. The van der Waals surface area contributed by atoms with E-state index in [1.165, 1.54) is 19.8 Å². The predicted octanol–water partition coefficient (Wildman–Crippen LogP) is 4.66. The van der Waals surface area contributed by atoms with Crippen molar-refractivity contribution >= 4 is 19.6 Å². The van der Waals surface area contributed by atoms with Crippen molar-refractivity contribution in [3.8, 4) is 0 Å². The highest BCUT2D eigenvalue weighted by Gasteiger charge is 2.27. The molecule has 1 atom stereocenters. The molecular weight excluding hydrogens is 283 g/mol. The largest absolute Gasteiger partial charge is 0.474 e. The van der Waals surface area contributed by atoms with E-state index in [1.807, 2.05) is 11.8 Å². The first-order chi connectivity index (χ1) is 8.81. The van der Waals surface area contributed by atoms with Gasteiger partial charge in [-0.1, -0.05) is 18.6 Å². The number of rotatable bonds is 10. The third kappa shape index (κ3) is 8.16. The first-order valence-corrected chi connectivity index (χ1v) is 9.04. The minimum atomic E-state index is -3.34. The molecule has 0 aliphatic rings. The molecule has 0 aliphatic heterocycles. The predicted molar refractivity (Wildman–Crippen MR) is 82.8 cm³/mol. The minimum absolute atomic E-state index is 0.109. The Morgan fingerprint density at radius 3 is 2.26 bits per heavy atom. The van der Waals surface area contributed by atoms with E-state index in [2.05, 4.69) is 33.1 Å². The van der Waals surface area contributed by atoms with Crippen LogP contribution in [0.1, 0.15) is 40.0 Å². The molecule has 1 unspecified atom stereocenters. The van der Waals surface area contributed by atoms with Crippen LogP contribution in [-0.2, 0) is 18.1 Å². The first-order valence-electron chi connectivity index (χ1n) is 6.35. The van der Waals surface area contributed by atoms with Gasteiger partial charge < -0.3 is 0 Å². The van der Waals surface area contributed by atoms with Gasteiger partial charge in [-0.3, -0.25) is 13.6 Å². The maximum absolute atomic E-state index is 11.7. The highest BCUT2D eigenvalue weighted by atomic mass is 32.2. The van der Waals surface area contributed by atoms with E-state index < -0.39 is 7.82 Å². The maximum atomic E-state index is 11.7. The molecule has 0 bridgehead atoms. The molecule has 4 nitrogen and oxygen atoms in total. The van der Waals surface area contributed by atoms with Crippen LogP contribution < -0.4 is 0 Å². The van der Waals surface area contributed by atoms with Crippen molar-refractivity contribution in [3.05, 3.63) is 11.6 Å². The molecule has 0 radical (unpaired) electrons. The summed E-state index contributed by atoms with van der Waals surface area (Å²) in [5, 5.41) is 0. The highest BCUT2D eigenvalue weighted by molar-refractivity contribution is 7.99. The van der Waals surface area contributed by atoms with E-state index in [4.69, 9.17) is 13.6 Å². The standard InChI is InChI=1S/C13H27O4PS/c1-12(2)8-7-9-13(3,19-6)10-11-17-18(14,15-4)16-5/h8H,7,9-11H2,1-6H3. The molecule has 114 valence electrons. The van der Waals surface area contributed by atoms with Gasteiger partial charge in [0.1, 0.15) is 0 Å². The van der Waals surface area contributed by atoms with E-state index in [1.54, 1.807) is 0 Å². The Bertz CT molecular complexity index is 321. The van der Waals surface area contributed by atoms with Gasteiger partial charge >= 0.3 is 7.82 Å². The molecule has 0 rings (SSSR count). The van der Waals surface area contributed by atoms with Crippen LogP contribution in [0.5, 0.6) is 0 Å². The van der Waals surface area contributed by atoms with Crippen LogP contribution in [-0.4, -0.2) is 31.8 Å². The lowest BCUT2D eigenvalue weighted by Gasteiger charge is -2.27. The lowest BCUT2D eigenvalue weighted by atomic mass is 10.0. The maximum Gasteiger partial charge on any atom is 0.474 e. The molecule has 0 fully saturated rings. The third-order valence-electron chi connectivity index (χ3n) is 3.05. The fourth-order valence-corrected chi connectivity index (χ4v) is 2.83. The number of phosphoric ester groups is 1. The summed E-state index contributed by atoms with van der Waals surface area (Å²) in [6.45, 7) is 6.77. The van der Waals surface area contributed by atoms with Gasteiger partial charge in [-0.15, -0.1) is 0 Å². The fraction of sp³-hybridized carbons (Fsp3) is 0.846. The van der Waals surface area contributed by atoms with Gasteiger partial charge in [0.15, 0.2) is 0 Å². The average molecular weight is 310 g/mol. The molecule has 0 aromatic rings. The van der Waals surface area contributed by atoms with Gasteiger partial charge in [0, 0.05) is 19.0 Å². The quantitative estimate of drug-likeness (QED) is 0.433. The molecular formula is C13H27O4PS. The molecule has 0 aromatic carbocycles. The smallest absolute Gasteiger partial charge is 0.290 e. The Morgan fingerprint density at radius 2 is 1.84 bits per heavy atom. The summed E-state index contributed by atoms with van der Waals surface area (Å²) in [5.41, 5.74) is 1.34. The van der Waals surface area contributed by atoms with Crippen molar-refractivity contribution in [2.75, 3.05) is 27.1 Å². The minimum Gasteiger partial charge on any atom is -0.290 e. The lowest BCUT2D eigenvalue weighted by Crippen LogP contribution is -2.21. The number of phosphoric acid groups is 1. The summed E-state index contributed by atoms with van der Waals surface area (Å²) in [7, 11) is -0.688. The van der Waals surface area contributed by atoms with Gasteiger partial charge in [0.2, 0.25) is 0 Å². The van der Waals surface area contributed by atoms with Crippen LogP contribution in [0, 0.1) is 0 Å². The van der Waals surface area contributed by atoms with E-state index >= 15 is 0 Å². The lowest BCUT2D eigenvalue weighted by molar-refractivity contribution is 0.147. The van der Waals surface area contributed by atoms with Crippen molar-refractivity contribution in [1.82, 2.24) is 0 Å². The zero-order valence-corrected chi connectivity index (χ0v) is 14.6. The van der Waals surface area contributed by atoms with Crippen LogP contribution in [0.25, 0.3) is 0 Å². The van der Waals surface area contributed by atoms with Crippen LogP contribution in [0.3, 0.4) is 0 Å². The van der Waals surface area contributed by atoms with E-state index in [0.717, 1.165) is 19.3 Å². The normalized spacial score (nSPS) is 15.1. The van der Waals surface area contributed by atoms with Gasteiger partial charge in [0.25, 0.3) is 0 Å². The molecule has 0 amide bonds. The molecule has 6 heteroatoms. The van der Waals surface area contributed by atoms with Crippen LogP contribution in [0.15, 0.2) is 11.6 Å². The Hall–Kier alpha value is 0.200. The van der Waals surface area contributed by atoms with Gasteiger partial charge in [-0.2, -0.15) is 11.8 Å². The Balaban J connectivity index is 4.24. The summed E-state index contributed by atoms with van der Waals surface area (Å²) in [6, 6.07) is 0. The van der Waals surface area contributed by atoms with Crippen LogP contribution >= 0.6 is 19.6 Å². The summed E-state index contributed by atoms with van der Waals surface area (Å²) >= 11 is 1.81. The van der Waals surface area contributed by atoms with Crippen LogP contribution in [0.4, 0.5) is 0 Å². The van der Waals surface area contributed by atoms with Gasteiger partial charge in [-0.25, -0.2) is 4.57 Å². The number of hydrogen-bond donors (Lipinski definition) is 0. The van der Waals surface area contributed by atoms with Crippen molar-refractivity contribution in [1.29, 1.82) is 0 Å². The molecule has 0 aromatic heterocycles. The second kappa shape index (κ2) is 9.19. The van der Waals surface area contributed by atoms with E-state index in [9.17, 15) is 4.57 Å². The van der Waals surface area contributed by atoms with E-state index in [-0.39, 0.29) is 4.75 Å². The SMILES string of the molecule is COP(=O)(OC)OCCC(C)(CCC=C(C)C)SC. The van der Waals surface area contributed by atoms with Crippen LogP contribution in [0.2, 0.25) is 0 Å². The highest BCUT2D eigenvalue weighted by Crippen LogP contribution is 2.48. The molecule has 0 saturated heterocycles. The Morgan fingerprint density at radius 1 is 1.26 bits per heavy atom. The zero-order chi connectivity index (χ0) is 14.9. The summed E-state index contributed by atoms with van der Waals surface area (Å²) in [4.78, 5) is 0. The third-order valence-corrected chi connectivity index (χ3v) is 5.83. The number of allylic oxidation sites excluding steroid dienone is 2. The summed E-state index contributed by atoms with van der Waals surface area (Å²) < 4.78 is 26.6. The van der Waals surface area contributed by atoms with Gasteiger partial charge in [0.05, 0.1) is 6.61 Å². The van der Waals surface area contributed by atoms with E-state index in [0.29, 0.717) is 6.61 Å². The van der Waals surface area contributed by atoms with Crippen molar-refractivity contribution in [2.24, 2.45) is 0 Å². The molecule has 0 heterocycles.